The van der Waals surface area contributed by atoms with E-state index in [4.69, 9.17) is 18.9 Å². The van der Waals surface area contributed by atoms with Crippen molar-refractivity contribution in [3.05, 3.63) is 48.0 Å². The van der Waals surface area contributed by atoms with Crippen LogP contribution in [0.1, 0.15) is 67.9 Å². The number of ether oxygens (including phenoxy) is 4. The van der Waals surface area contributed by atoms with Crippen LogP contribution in [0.15, 0.2) is 42.5 Å². The van der Waals surface area contributed by atoms with E-state index in [9.17, 15) is 9.59 Å². The molecule has 6 heteroatoms. The van der Waals surface area contributed by atoms with E-state index in [0.29, 0.717) is 33.0 Å². The van der Waals surface area contributed by atoms with Crippen molar-refractivity contribution in [1.82, 2.24) is 0 Å². The Balaban J connectivity index is 2.28. The van der Waals surface area contributed by atoms with Gasteiger partial charge in [0.2, 0.25) is 0 Å². The quantitative estimate of drug-likeness (QED) is 0.217. The third-order valence-electron chi connectivity index (χ3n) is 4.94. The molecule has 0 saturated heterocycles. The van der Waals surface area contributed by atoms with Crippen molar-refractivity contribution in [2.45, 2.75) is 78.9 Å². The van der Waals surface area contributed by atoms with Crippen LogP contribution >= 0.6 is 0 Å². The molecular formula is C28H34O6. The summed E-state index contributed by atoms with van der Waals surface area (Å²) in [7, 11) is 0. The Morgan fingerprint density at radius 3 is 1.41 bits per heavy atom. The number of fused-ring (bicyclic) bond motifs is 2. The zero-order chi connectivity index (χ0) is 25.5. The second-order valence-electron chi connectivity index (χ2n) is 11.3. The van der Waals surface area contributed by atoms with E-state index in [-0.39, 0.29) is 5.41 Å². The van der Waals surface area contributed by atoms with E-state index >= 15 is 0 Å². The third-order valence-corrected chi connectivity index (χ3v) is 4.94. The summed E-state index contributed by atoms with van der Waals surface area (Å²) in [6.45, 7) is 17.0. The highest BCUT2D eigenvalue weighted by Crippen LogP contribution is 2.44. The van der Waals surface area contributed by atoms with Crippen molar-refractivity contribution in [2.24, 2.45) is 0 Å². The first-order valence-electron chi connectivity index (χ1n) is 11.4. The van der Waals surface area contributed by atoms with Gasteiger partial charge in [-0.2, -0.15) is 0 Å². The van der Waals surface area contributed by atoms with E-state index in [0.717, 1.165) is 5.56 Å². The molecule has 0 bridgehead atoms. The Hall–Kier alpha value is -3.28. The predicted octanol–water partition coefficient (Wildman–Crippen LogP) is 7.92. The molecule has 0 aliphatic heterocycles. The highest BCUT2D eigenvalue weighted by Gasteiger charge is 2.26. The molecule has 0 aromatic heterocycles. The molecule has 0 unspecified atom stereocenters. The van der Waals surface area contributed by atoms with Gasteiger partial charge in [-0.15, -0.1) is 0 Å². The fraction of sp³-hybridized carbons (Fsp3) is 0.429. The van der Waals surface area contributed by atoms with Gasteiger partial charge >= 0.3 is 12.3 Å². The summed E-state index contributed by atoms with van der Waals surface area (Å²) in [5.74, 6) is 0.694. The normalized spacial score (nSPS) is 12.5. The summed E-state index contributed by atoms with van der Waals surface area (Å²) in [5, 5.41) is 2.49. The molecule has 3 rings (SSSR count). The topological polar surface area (TPSA) is 71.1 Å². The molecule has 6 nitrogen and oxygen atoms in total. The lowest BCUT2D eigenvalue weighted by atomic mass is 9.85. The minimum absolute atomic E-state index is 0.158. The number of hydrogen-bond acceptors (Lipinski definition) is 6. The molecule has 0 saturated carbocycles. The van der Waals surface area contributed by atoms with Gasteiger partial charge in [-0.05, 0) is 58.6 Å². The van der Waals surface area contributed by atoms with E-state index in [2.05, 4.69) is 20.8 Å². The molecule has 0 aliphatic rings. The van der Waals surface area contributed by atoms with Crippen LogP contribution in [0.4, 0.5) is 9.59 Å². The molecule has 0 fully saturated rings. The summed E-state index contributed by atoms with van der Waals surface area (Å²) in [4.78, 5) is 25.3. The van der Waals surface area contributed by atoms with Crippen LogP contribution in [0.25, 0.3) is 21.5 Å². The molecule has 0 radical (unpaired) electrons. The number of hydrogen-bond donors (Lipinski definition) is 0. The number of carbonyl (C=O) groups excluding carboxylic acids is 2. The van der Waals surface area contributed by atoms with Crippen LogP contribution in [0, 0.1) is 0 Å². The van der Waals surface area contributed by atoms with Gasteiger partial charge < -0.3 is 18.9 Å². The van der Waals surface area contributed by atoms with E-state index < -0.39 is 23.5 Å². The number of carbonyl (C=O) groups is 2. The van der Waals surface area contributed by atoms with Crippen LogP contribution in [-0.2, 0) is 14.9 Å². The van der Waals surface area contributed by atoms with Gasteiger partial charge in [-0.3, -0.25) is 0 Å². The average Bonchev–Trinajstić information content (AvgIpc) is 2.66. The van der Waals surface area contributed by atoms with Crippen molar-refractivity contribution in [2.75, 3.05) is 0 Å². The highest BCUT2D eigenvalue weighted by atomic mass is 16.7. The van der Waals surface area contributed by atoms with E-state index in [1.807, 2.05) is 42.5 Å². The Morgan fingerprint density at radius 1 is 0.588 bits per heavy atom. The zero-order valence-corrected chi connectivity index (χ0v) is 21.5. The maximum atomic E-state index is 12.7. The molecule has 3 aromatic rings. The Morgan fingerprint density at radius 2 is 1.00 bits per heavy atom. The van der Waals surface area contributed by atoms with Crippen LogP contribution in [0.5, 0.6) is 11.5 Å². The summed E-state index contributed by atoms with van der Waals surface area (Å²) < 4.78 is 22.4. The van der Waals surface area contributed by atoms with Crippen LogP contribution in [-0.4, -0.2) is 23.5 Å². The Labute approximate surface area is 201 Å². The molecule has 0 spiro atoms. The Bertz CT molecular complexity index is 1240. The summed E-state index contributed by atoms with van der Waals surface area (Å²) in [5.41, 5.74) is -0.539. The van der Waals surface area contributed by atoms with Gasteiger partial charge in [0.05, 0.1) is 0 Å². The molecule has 182 valence electrons. The summed E-state index contributed by atoms with van der Waals surface area (Å²) in [6, 6.07) is 13.1. The van der Waals surface area contributed by atoms with E-state index in [1.165, 1.54) is 0 Å². The lowest BCUT2D eigenvalue weighted by Crippen LogP contribution is -2.26. The first-order valence-corrected chi connectivity index (χ1v) is 11.4. The Kier molecular flexibility index (Phi) is 6.57. The number of benzene rings is 3. The highest BCUT2D eigenvalue weighted by molar-refractivity contribution is 6.12. The van der Waals surface area contributed by atoms with Gasteiger partial charge in [0.15, 0.2) is 0 Å². The zero-order valence-electron chi connectivity index (χ0n) is 21.5. The van der Waals surface area contributed by atoms with Gasteiger partial charge in [-0.25, -0.2) is 9.59 Å². The maximum Gasteiger partial charge on any atom is 0.514 e. The van der Waals surface area contributed by atoms with Gasteiger partial charge in [-0.1, -0.05) is 57.2 Å². The summed E-state index contributed by atoms with van der Waals surface area (Å²) in [6.07, 6.45) is -1.61. The average molecular weight is 467 g/mol. The smallest absolute Gasteiger partial charge is 0.428 e. The molecule has 34 heavy (non-hydrogen) atoms. The van der Waals surface area contributed by atoms with Crippen molar-refractivity contribution in [3.63, 3.8) is 0 Å². The van der Waals surface area contributed by atoms with Gasteiger partial charge in [0.1, 0.15) is 22.7 Å². The monoisotopic (exact) mass is 466 g/mol. The third kappa shape index (κ3) is 5.99. The van der Waals surface area contributed by atoms with Crippen molar-refractivity contribution < 1.29 is 28.5 Å². The number of rotatable bonds is 2. The molecular weight excluding hydrogens is 432 g/mol. The fourth-order valence-electron chi connectivity index (χ4n) is 3.49. The molecule has 0 N–H and O–H groups in total. The molecule has 0 amide bonds. The second-order valence-corrected chi connectivity index (χ2v) is 11.3. The molecule has 0 heterocycles. The standard InChI is InChI=1S/C28H34O6/c1-26(2,3)17-14-15-20-21(16-17)23(32-25(30)34-28(7,8)9)19-13-11-10-12-18(19)22(20)31-24(29)33-27(4,5)6/h10-16H,1-9H3. The molecule has 0 aliphatic carbocycles. The summed E-state index contributed by atoms with van der Waals surface area (Å²) >= 11 is 0. The van der Waals surface area contributed by atoms with Crippen molar-refractivity contribution >= 4 is 33.9 Å². The first-order chi connectivity index (χ1) is 15.5. The van der Waals surface area contributed by atoms with Crippen LogP contribution < -0.4 is 9.47 Å². The minimum Gasteiger partial charge on any atom is -0.428 e. The largest absolute Gasteiger partial charge is 0.514 e. The first kappa shape index (κ1) is 25.3. The lowest BCUT2D eigenvalue weighted by molar-refractivity contribution is 0.0194. The lowest BCUT2D eigenvalue weighted by Gasteiger charge is -2.23. The fourth-order valence-corrected chi connectivity index (χ4v) is 3.49. The van der Waals surface area contributed by atoms with Crippen molar-refractivity contribution in [3.8, 4) is 11.5 Å². The minimum atomic E-state index is -0.806. The van der Waals surface area contributed by atoms with Crippen LogP contribution in [0.2, 0.25) is 0 Å². The van der Waals surface area contributed by atoms with Gasteiger partial charge in [0, 0.05) is 21.5 Å². The molecule has 0 atom stereocenters. The van der Waals surface area contributed by atoms with Crippen LogP contribution in [0.3, 0.4) is 0 Å². The van der Waals surface area contributed by atoms with Gasteiger partial charge in [0.25, 0.3) is 0 Å². The second kappa shape index (κ2) is 8.82. The van der Waals surface area contributed by atoms with E-state index in [1.54, 1.807) is 41.5 Å². The SMILES string of the molecule is CC(C)(C)OC(=O)Oc1c2ccccc2c(OC(=O)OC(C)(C)C)c2cc(C(C)(C)C)ccc12. The maximum absolute atomic E-state index is 12.7. The van der Waals surface area contributed by atoms with Crippen molar-refractivity contribution in [1.29, 1.82) is 0 Å². The molecule has 3 aromatic carbocycles. The predicted molar refractivity (Wildman–Crippen MR) is 134 cm³/mol.